The summed E-state index contributed by atoms with van der Waals surface area (Å²) in [5, 5.41) is 2.28. The SMILES string of the molecule is NC(=O)Nc1ccccc1Oc1ccccc1C(F)(F)F. The zero-order valence-electron chi connectivity index (χ0n) is 10.6. The Bertz CT molecular complexity index is 657. The second kappa shape index (κ2) is 5.74. The van der Waals surface area contributed by atoms with Crippen molar-refractivity contribution in [2.75, 3.05) is 5.32 Å². The summed E-state index contributed by atoms with van der Waals surface area (Å²) in [7, 11) is 0. The summed E-state index contributed by atoms with van der Waals surface area (Å²) in [4.78, 5) is 10.9. The summed E-state index contributed by atoms with van der Waals surface area (Å²) in [6, 6.07) is 10.0. The summed E-state index contributed by atoms with van der Waals surface area (Å²) in [5.74, 6) is -0.295. The number of halogens is 3. The molecule has 2 aromatic rings. The van der Waals surface area contributed by atoms with Gasteiger partial charge in [0.1, 0.15) is 5.75 Å². The van der Waals surface area contributed by atoms with Crippen LogP contribution in [0.4, 0.5) is 23.7 Å². The van der Waals surface area contributed by atoms with Crippen molar-refractivity contribution in [3.8, 4) is 11.5 Å². The molecular formula is C14H11F3N2O2. The van der Waals surface area contributed by atoms with Crippen molar-refractivity contribution in [2.45, 2.75) is 6.18 Å². The number of rotatable bonds is 3. The Balaban J connectivity index is 2.38. The van der Waals surface area contributed by atoms with Crippen LogP contribution < -0.4 is 15.8 Å². The molecule has 0 heterocycles. The van der Waals surface area contributed by atoms with Crippen LogP contribution >= 0.6 is 0 Å². The van der Waals surface area contributed by atoms with Crippen molar-refractivity contribution in [3.05, 3.63) is 54.1 Å². The van der Waals surface area contributed by atoms with Crippen LogP contribution in [0.25, 0.3) is 0 Å². The van der Waals surface area contributed by atoms with Crippen LogP contribution in [0, 0.1) is 0 Å². The van der Waals surface area contributed by atoms with Gasteiger partial charge in [0.05, 0.1) is 11.3 Å². The van der Waals surface area contributed by atoms with Gasteiger partial charge in [-0.2, -0.15) is 13.2 Å². The van der Waals surface area contributed by atoms with E-state index in [4.69, 9.17) is 10.5 Å². The average Bonchev–Trinajstić information content (AvgIpc) is 2.40. The molecule has 0 aliphatic rings. The molecule has 4 nitrogen and oxygen atoms in total. The topological polar surface area (TPSA) is 64.4 Å². The Hall–Kier alpha value is -2.70. The molecule has 3 N–H and O–H groups in total. The molecule has 0 spiro atoms. The van der Waals surface area contributed by atoms with Crippen molar-refractivity contribution in [1.29, 1.82) is 0 Å². The van der Waals surface area contributed by atoms with E-state index >= 15 is 0 Å². The van der Waals surface area contributed by atoms with E-state index in [1.807, 2.05) is 0 Å². The predicted octanol–water partition coefficient (Wildman–Crippen LogP) is 3.99. The minimum Gasteiger partial charge on any atom is -0.455 e. The molecule has 0 atom stereocenters. The second-order valence-corrected chi connectivity index (χ2v) is 4.08. The van der Waals surface area contributed by atoms with Crippen molar-refractivity contribution in [3.63, 3.8) is 0 Å². The standard InChI is InChI=1S/C14H11F3N2O2/c15-14(16,17)9-5-1-3-7-11(9)21-12-8-4-2-6-10(12)19-13(18)20/h1-8H,(H3,18,19,20). The lowest BCUT2D eigenvalue weighted by atomic mass is 10.2. The van der Waals surface area contributed by atoms with Crippen LogP contribution in [0.1, 0.15) is 5.56 Å². The first-order chi connectivity index (χ1) is 9.88. The molecule has 21 heavy (non-hydrogen) atoms. The number of alkyl halides is 3. The maximum atomic E-state index is 12.9. The zero-order valence-corrected chi connectivity index (χ0v) is 10.6. The molecule has 7 heteroatoms. The van der Waals surface area contributed by atoms with Crippen molar-refractivity contribution < 1.29 is 22.7 Å². The number of primary amides is 1. The third kappa shape index (κ3) is 3.65. The van der Waals surface area contributed by atoms with Crippen molar-refractivity contribution in [2.24, 2.45) is 5.73 Å². The first kappa shape index (κ1) is 14.7. The quantitative estimate of drug-likeness (QED) is 0.899. The molecule has 0 saturated heterocycles. The highest BCUT2D eigenvalue weighted by molar-refractivity contribution is 5.89. The van der Waals surface area contributed by atoms with Gasteiger partial charge in [0.25, 0.3) is 0 Å². The minimum atomic E-state index is -4.54. The Kier molecular flexibility index (Phi) is 4.02. The first-order valence-electron chi connectivity index (χ1n) is 5.87. The van der Waals surface area contributed by atoms with Gasteiger partial charge in [-0.3, -0.25) is 0 Å². The summed E-state index contributed by atoms with van der Waals surface area (Å²) in [5.41, 5.74) is 4.28. The van der Waals surface area contributed by atoms with Gasteiger partial charge in [0.15, 0.2) is 5.75 Å². The maximum absolute atomic E-state index is 12.9. The highest BCUT2D eigenvalue weighted by Crippen LogP contribution is 2.39. The third-order valence-electron chi connectivity index (χ3n) is 2.56. The highest BCUT2D eigenvalue weighted by Gasteiger charge is 2.34. The van der Waals surface area contributed by atoms with Crippen molar-refractivity contribution in [1.82, 2.24) is 0 Å². The summed E-state index contributed by atoms with van der Waals surface area (Å²) < 4.78 is 44.0. The lowest BCUT2D eigenvalue weighted by Gasteiger charge is -2.15. The number of urea groups is 1. The van der Waals surface area contributed by atoms with Gasteiger partial charge in [-0.15, -0.1) is 0 Å². The Morgan fingerprint density at radius 1 is 1.00 bits per heavy atom. The number of benzene rings is 2. The molecule has 0 unspecified atom stereocenters. The fourth-order valence-electron chi connectivity index (χ4n) is 1.70. The van der Waals surface area contributed by atoms with Gasteiger partial charge in [-0.1, -0.05) is 24.3 Å². The number of hydrogen-bond donors (Lipinski definition) is 2. The Labute approximate surface area is 118 Å². The summed E-state index contributed by atoms with van der Waals surface area (Å²) >= 11 is 0. The van der Waals surface area contributed by atoms with Gasteiger partial charge >= 0.3 is 12.2 Å². The molecule has 2 rings (SSSR count). The minimum absolute atomic E-state index is 0.0630. The molecule has 0 fully saturated rings. The van der Waals surface area contributed by atoms with E-state index in [9.17, 15) is 18.0 Å². The summed E-state index contributed by atoms with van der Waals surface area (Å²) in [6.07, 6.45) is -4.54. The van der Waals surface area contributed by atoms with E-state index in [1.54, 1.807) is 12.1 Å². The van der Waals surface area contributed by atoms with Crippen LogP contribution in [0.2, 0.25) is 0 Å². The van der Waals surface area contributed by atoms with Gasteiger partial charge < -0.3 is 15.8 Å². The lowest BCUT2D eigenvalue weighted by Crippen LogP contribution is -2.19. The fourth-order valence-corrected chi connectivity index (χ4v) is 1.70. The number of ether oxygens (including phenoxy) is 1. The molecule has 2 aromatic carbocycles. The number of nitrogens with one attached hydrogen (secondary N) is 1. The van der Waals surface area contributed by atoms with Crippen LogP contribution in [0.3, 0.4) is 0 Å². The van der Waals surface area contributed by atoms with Crippen LogP contribution in [-0.4, -0.2) is 6.03 Å². The average molecular weight is 296 g/mol. The summed E-state index contributed by atoms with van der Waals surface area (Å²) in [6.45, 7) is 0. The zero-order chi connectivity index (χ0) is 15.5. The number of carbonyl (C=O) groups is 1. The highest BCUT2D eigenvalue weighted by atomic mass is 19.4. The number of amides is 2. The first-order valence-corrected chi connectivity index (χ1v) is 5.87. The Morgan fingerprint density at radius 3 is 2.19 bits per heavy atom. The van der Waals surface area contributed by atoms with Crippen LogP contribution in [0.15, 0.2) is 48.5 Å². The monoisotopic (exact) mass is 296 g/mol. The van der Waals surface area contributed by atoms with Crippen LogP contribution in [0.5, 0.6) is 11.5 Å². The largest absolute Gasteiger partial charge is 0.455 e. The number of anilines is 1. The van der Waals surface area contributed by atoms with Gasteiger partial charge in [0, 0.05) is 0 Å². The molecule has 0 aliphatic carbocycles. The predicted molar refractivity (Wildman–Crippen MR) is 71.2 cm³/mol. The molecule has 0 radical (unpaired) electrons. The number of carbonyl (C=O) groups excluding carboxylic acids is 1. The molecule has 0 saturated carbocycles. The fraction of sp³-hybridized carbons (Fsp3) is 0.0714. The smallest absolute Gasteiger partial charge is 0.419 e. The molecule has 110 valence electrons. The third-order valence-corrected chi connectivity index (χ3v) is 2.56. The number of para-hydroxylation sites is 3. The molecule has 2 amide bonds. The van der Waals surface area contributed by atoms with Gasteiger partial charge in [0.2, 0.25) is 0 Å². The second-order valence-electron chi connectivity index (χ2n) is 4.08. The normalized spacial score (nSPS) is 11.0. The van der Waals surface area contributed by atoms with E-state index in [0.29, 0.717) is 0 Å². The molecular weight excluding hydrogens is 285 g/mol. The molecule has 0 bridgehead atoms. The number of nitrogens with two attached hydrogens (primary N) is 1. The lowest BCUT2D eigenvalue weighted by molar-refractivity contribution is -0.138. The van der Waals surface area contributed by atoms with E-state index in [0.717, 1.165) is 6.07 Å². The Morgan fingerprint density at radius 2 is 1.57 bits per heavy atom. The van der Waals surface area contributed by atoms with E-state index < -0.39 is 17.8 Å². The van der Waals surface area contributed by atoms with E-state index in [-0.39, 0.29) is 17.2 Å². The van der Waals surface area contributed by atoms with Crippen LogP contribution in [-0.2, 0) is 6.18 Å². The molecule has 0 aromatic heterocycles. The molecule has 0 aliphatic heterocycles. The van der Waals surface area contributed by atoms with Crippen molar-refractivity contribution >= 4 is 11.7 Å². The number of hydrogen-bond acceptors (Lipinski definition) is 2. The van der Waals surface area contributed by atoms with Gasteiger partial charge in [-0.05, 0) is 24.3 Å². The maximum Gasteiger partial charge on any atom is 0.419 e. The van der Waals surface area contributed by atoms with E-state index in [1.165, 1.54) is 30.3 Å². The van der Waals surface area contributed by atoms with Gasteiger partial charge in [-0.25, -0.2) is 4.79 Å². The van der Waals surface area contributed by atoms with E-state index in [2.05, 4.69) is 5.32 Å².